The molecule has 120 valence electrons. The van der Waals surface area contributed by atoms with Crippen molar-refractivity contribution in [1.82, 2.24) is 0 Å². The van der Waals surface area contributed by atoms with Gasteiger partial charge in [0, 0.05) is 12.1 Å². The zero-order valence-corrected chi connectivity index (χ0v) is 12.5. The van der Waals surface area contributed by atoms with Crippen LogP contribution in [0.3, 0.4) is 0 Å². The molecule has 0 spiro atoms. The highest BCUT2D eigenvalue weighted by Gasteiger charge is 2.21. The van der Waals surface area contributed by atoms with Gasteiger partial charge in [0.1, 0.15) is 10.6 Å². The lowest BCUT2D eigenvalue weighted by Crippen LogP contribution is -2.19. The van der Waals surface area contributed by atoms with Crippen molar-refractivity contribution in [2.75, 3.05) is 5.32 Å². The van der Waals surface area contributed by atoms with Crippen molar-refractivity contribution in [2.45, 2.75) is 17.7 Å². The summed E-state index contributed by atoms with van der Waals surface area (Å²) >= 11 is 0. The third-order valence-electron chi connectivity index (χ3n) is 3.36. The summed E-state index contributed by atoms with van der Waals surface area (Å²) in [6.45, 7) is 0. The average Bonchev–Trinajstić information content (AvgIpc) is 2.49. The van der Waals surface area contributed by atoms with Crippen LogP contribution in [0.15, 0.2) is 41.3 Å². The lowest BCUT2D eigenvalue weighted by molar-refractivity contribution is -0.116. The van der Waals surface area contributed by atoms with Crippen LogP contribution in [0.1, 0.15) is 12.0 Å². The lowest BCUT2D eigenvalue weighted by Gasteiger charge is -2.17. The molecule has 0 saturated heterocycles. The number of hydrogen-bond acceptors (Lipinski definition) is 4. The Hall–Kier alpha value is -2.48. The molecule has 0 fully saturated rings. The fourth-order valence-electron chi connectivity index (χ4n) is 2.22. The van der Waals surface area contributed by atoms with Gasteiger partial charge in [-0.2, -0.15) is 8.42 Å². The zero-order chi connectivity index (χ0) is 16.6. The number of hydrogen-bond donors (Lipinski definition) is 1. The van der Waals surface area contributed by atoms with Gasteiger partial charge in [-0.05, 0) is 48.4 Å². The maximum atomic E-state index is 13.2. The van der Waals surface area contributed by atoms with Crippen molar-refractivity contribution in [3.8, 4) is 5.75 Å². The van der Waals surface area contributed by atoms with Gasteiger partial charge in [-0.15, -0.1) is 0 Å². The Morgan fingerprint density at radius 3 is 2.52 bits per heavy atom. The van der Waals surface area contributed by atoms with Crippen molar-refractivity contribution >= 4 is 21.7 Å². The second-order valence-electron chi connectivity index (χ2n) is 4.98. The van der Waals surface area contributed by atoms with Crippen LogP contribution < -0.4 is 9.50 Å². The number of rotatable bonds is 3. The smallest absolute Gasteiger partial charge is 0.339 e. The first-order valence-electron chi connectivity index (χ1n) is 6.67. The maximum Gasteiger partial charge on any atom is 0.339 e. The van der Waals surface area contributed by atoms with Gasteiger partial charge >= 0.3 is 10.1 Å². The van der Waals surface area contributed by atoms with Gasteiger partial charge in [0.15, 0.2) is 11.6 Å². The van der Waals surface area contributed by atoms with Crippen molar-refractivity contribution in [3.63, 3.8) is 0 Å². The summed E-state index contributed by atoms with van der Waals surface area (Å²) in [5, 5.41) is 2.66. The summed E-state index contributed by atoms with van der Waals surface area (Å²) in [6, 6.07) is 6.60. The molecular formula is C15H11F2NO4S. The topological polar surface area (TPSA) is 72.5 Å². The molecule has 0 radical (unpaired) electrons. The molecule has 0 aromatic heterocycles. The normalized spacial score (nSPS) is 14.1. The highest BCUT2D eigenvalue weighted by atomic mass is 32.2. The molecule has 23 heavy (non-hydrogen) atoms. The number of nitrogens with one attached hydrogen (secondary N) is 1. The van der Waals surface area contributed by atoms with Crippen molar-refractivity contribution in [1.29, 1.82) is 0 Å². The minimum absolute atomic E-state index is 0.0321. The van der Waals surface area contributed by atoms with Crippen LogP contribution in [0.4, 0.5) is 14.5 Å². The minimum atomic E-state index is -4.28. The summed E-state index contributed by atoms with van der Waals surface area (Å²) in [6.07, 6.45) is 0.760. The van der Waals surface area contributed by atoms with Gasteiger partial charge in [-0.1, -0.05) is 0 Å². The molecule has 1 aliphatic heterocycles. The molecule has 0 aliphatic carbocycles. The van der Waals surface area contributed by atoms with Gasteiger partial charge in [0.05, 0.1) is 0 Å². The first-order chi connectivity index (χ1) is 10.8. The minimum Gasteiger partial charge on any atom is -0.379 e. The highest BCUT2D eigenvalue weighted by Crippen LogP contribution is 2.28. The Balaban J connectivity index is 1.88. The monoisotopic (exact) mass is 339 g/mol. The molecular weight excluding hydrogens is 328 g/mol. The Kier molecular flexibility index (Phi) is 3.77. The van der Waals surface area contributed by atoms with Gasteiger partial charge in [0.2, 0.25) is 5.91 Å². The largest absolute Gasteiger partial charge is 0.379 e. The molecule has 0 atom stereocenters. The first-order valence-corrected chi connectivity index (χ1v) is 8.08. The third-order valence-corrected chi connectivity index (χ3v) is 4.60. The molecule has 3 rings (SSSR count). The summed E-state index contributed by atoms with van der Waals surface area (Å²) in [5.41, 5.74) is 1.33. The zero-order valence-electron chi connectivity index (χ0n) is 11.7. The Labute approximate surface area is 131 Å². The van der Waals surface area contributed by atoms with E-state index in [0.29, 0.717) is 30.7 Å². The second-order valence-corrected chi connectivity index (χ2v) is 6.53. The summed E-state index contributed by atoms with van der Waals surface area (Å²) in [4.78, 5) is 10.8. The lowest BCUT2D eigenvalue weighted by atomic mass is 10.0. The molecule has 2 aromatic rings. The van der Waals surface area contributed by atoms with Crippen LogP contribution in [-0.2, 0) is 21.3 Å². The van der Waals surface area contributed by atoms with Crippen LogP contribution in [-0.4, -0.2) is 14.3 Å². The first kappa shape index (κ1) is 15.4. The quantitative estimate of drug-likeness (QED) is 0.873. The number of carbonyl (C=O) groups is 1. The third kappa shape index (κ3) is 3.16. The number of anilines is 1. The number of fused-ring (bicyclic) bond motifs is 1. The highest BCUT2D eigenvalue weighted by molar-refractivity contribution is 7.87. The predicted molar refractivity (Wildman–Crippen MR) is 77.6 cm³/mol. The maximum absolute atomic E-state index is 13.2. The number of amides is 1. The molecule has 5 nitrogen and oxygen atoms in total. The van der Waals surface area contributed by atoms with E-state index in [2.05, 4.69) is 5.32 Å². The van der Waals surface area contributed by atoms with E-state index in [9.17, 15) is 22.0 Å². The summed E-state index contributed by atoms with van der Waals surface area (Å²) in [7, 11) is -4.28. The van der Waals surface area contributed by atoms with Crippen LogP contribution in [0.5, 0.6) is 5.75 Å². The number of benzene rings is 2. The van der Waals surface area contributed by atoms with Gasteiger partial charge in [-0.3, -0.25) is 4.79 Å². The van der Waals surface area contributed by atoms with E-state index in [0.717, 1.165) is 11.6 Å². The molecule has 1 N–H and O–H groups in total. The van der Waals surface area contributed by atoms with E-state index in [-0.39, 0.29) is 11.7 Å². The molecule has 0 saturated carbocycles. The van der Waals surface area contributed by atoms with Crippen LogP contribution in [0.2, 0.25) is 0 Å². The second kappa shape index (κ2) is 5.62. The summed E-state index contributed by atoms with van der Waals surface area (Å²) in [5.74, 6) is -2.50. The number of halogens is 2. The number of carbonyl (C=O) groups excluding carboxylic acids is 1. The van der Waals surface area contributed by atoms with Crippen LogP contribution >= 0.6 is 0 Å². The molecule has 1 heterocycles. The molecule has 2 aromatic carbocycles. The van der Waals surface area contributed by atoms with Gasteiger partial charge in [0.25, 0.3) is 0 Å². The van der Waals surface area contributed by atoms with Gasteiger partial charge in [-0.25, -0.2) is 8.78 Å². The SMILES string of the molecule is O=C1CCc2cc(OS(=O)(=O)c3ccc(F)c(F)c3)ccc2N1. The van der Waals surface area contributed by atoms with Crippen LogP contribution in [0.25, 0.3) is 0 Å². The molecule has 8 heteroatoms. The fraction of sp³-hybridized carbons (Fsp3) is 0.133. The molecule has 0 bridgehead atoms. The van der Waals surface area contributed by atoms with Crippen molar-refractivity contribution in [2.24, 2.45) is 0 Å². The van der Waals surface area contributed by atoms with E-state index in [1.807, 2.05) is 0 Å². The molecule has 1 amide bonds. The van der Waals surface area contributed by atoms with E-state index in [1.54, 1.807) is 0 Å². The van der Waals surface area contributed by atoms with Crippen molar-refractivity contribution < 1.29 is 26.2 Å². The van der Waals surface area contributed by atoms with E-state index < -0.39 is 26.6 Å². The van der Waals surface area contributed by atoms with Gasteiger partial charge < -0.3 is 9.50 Å². The standard InChI is InChI=1S/C15H11F2NO4S/c16-12-4-3-11(8-13(12)17)23(20,21)22-10-2-5-14-9(7-10)1-6-15(19)18-14/h2-5,7-8H,1,6H2,(H,18,19). The van der Waals surface area contributed by atoms with E-state index in [4.69, 9.17) is 4.18 Å². The Bertz CT molecular complexity index is 896. The number of aryl methyl sites for hydroxylation is 1. The average molecular weight is 339 g/mol. The van der Waals surface area contributed by atoms with E-state index >= 15 is 0 Å². The fourth-order valence-corrected chi connectivity index (χ4v) is 3.15. The van der Waals surface area contributed by atoms with E-state index in [1.165, 1.54) is 18.2 Å². The summed E-state index contributed by atoms with van der Waals surface area (Å²) < 4.78 is 55.2. The predicted octanol–water partition coefficient (Wildman–Crippen LogP) is 2.62. The molecule has 0 unspecified atom stereocenters. The Morgan fingerprint density at radius 1 is 1.00 bits per heavy atom. The van der Waals surface area contributed by atoms with Crippen LogP contribution in [0, 0.1) is 11.6 Å². The van der Waals surface area contributed by atoms with Crippen molar-refractivity contribution in [3.05, 3.63) is 53.6 Å². The molecule has 1 aliphatic rings. The Morgan fingerprint density at radius 2 is 1.78 bits per heavy atom.